The zero-order valence-electron chi connectivity index (χ0n) is 6.08. The van der Waals surface area contributed by atoms with Crippen molar-refractivity contribution in [3.05, 3.63) is 19.3 Å². The highest BCUT2D eigenvalue weighted by molar-refractivity contribution is 4.76. The van der Waals surface area contributed by atoms with Crippen molar-refractivity contribution in [2.75, 3.05) is 6.61 Å². The average molecular weight is 141 g/mol. The molecule has 1 fully saturated rings. The van der Waals surface area contributed by atoms with Gasteiger partial charge in [-0.1, -0.05) is 0 Å². The summed E-state index contributed by atoms with van der Waals surface area (Å²) in [6, 6.07) is 0. The van der Waals surface area contributed by atoms with Gasteiger partial charge in [-0.25, -0.2) is 0 Å². The van der Waals surface area contributed by atoms with Crippen molar-refractivity contribution in [1.29, 1.82) is 0 Å². The summed E-state index contributed by atoms with van der Waals surface area (Å²) in [5, 5.41) is 0. The Balaban J connectivity index is 2.13. The lowest BCUT2D eigenvalue weighted by Crippen LogP contribution is -2.19. The number of rotatable bonds is 2. The van der Waals surface area contributed by atoms with Gasteiger partial charge >= 0.3 is 0 Å². The molecular formula is C8H13O2. The van der Waals surface area contributed by atoms with Crippen molar-refractivity contribution < 1.29 is 9.47 Å². The van der Waals surface area contributed by atoms with E-state index in [1.165, 1.54) is 6.42 Å². The van der Waals surface area contributed by atoms with Gasteiger partial charge in [0.05, 0.1) is 12.9 Å². The standard InChI is InChI=1S/C8H13O2/c1-2-6-9-8-5-3-4-7-10-8/h2,6,8H,1,3-5,7H2/b6-2+. The number of hydrogen-bond donors (Lipinski definition) is 0. The van der Waals surface area contributed by atoms with E-state index in [0.29, 0.717) is 0 Å². The second-order valence-corrected chi connectivity index (χ2v) is 2.30. The highest BCUT2D eigenvalue weighted by atomic mass is 16.7. The second-order valence-electron chi connectivity index (χ2n) is 2.30. The summed E-state index contributed by atoms with van der Waals surface area (Å²) in [4.78, 5) is 0. The Morgan fingerprint density at radius 1 is 1.50 bits per heavy atom. The minimum absolute atomic E-state index is 0.0215. The van der Waals surface area contributed by atoms with E-state index in [1.807, 2.05) is 0 Å². The molecule has 0 aliphatic carbocycles. The van der Waals surface area contributed by atoms with E-state index in [9.17, 15) is 0 Å². The second kappa shape index (κ2) is 4.34. The molecule has 0 aromatic rings. The fourth-order valence-electron chi connectivity index (χ4n) is 0.962. The smallest absolute Gasteiger partial charge is 0.198 e. The summed E-state index contributed by atoms with van der Waals surface area (Å²) < 4.78 is 10.4. The van der Waals surface area contributed by atoms with E-state index in [2.05, 4.69) is 6.92 Å². The topological polar surface area (TPSA) is 18.5 Å². The zero-order chi connectivity index (χ0) is 7.23. The fourth-order valence-corrected chi connectivity index (χ4v) is 0.962. The minimum atomic E-state index is -0.0215. The monoisotopic (exact) mass is 141 g/mol. The van der Waals surface area contributed by atoms with Crippen molar-refractivity contribution in [2.45, 2.75) is 25.6 Å². The molecule has 2 nitrogen and oxygen atoms in total. The molecule has 1 heterocycles. The van der Waals surface area contributed by atoms with E-state index >= 15 is 0 Å². The van der Waals surface area contributed by atoms with Crippen LogP contribution in [0.4, 0.5) is 0 Å². The Kier molecular flexibility index (Phi) is 3.30. The first-order valence-corrected chi connectivity index (χ1v) is 3.65. The molecule has 2 heteroatoms. The van der Waals surface area contributed by atoms with Gasteiger partial charge in [0.1, 0.15) is 0 Å². The molecule has 0 aromatic carbocycles. The summed E-state index contributed by atoms with van der Waals surface area (Å²) in [6.07, 6.45) is 6.55. The van der Waals surface area contributed by atoms with Gasteiger partial charge < -0.3 is 9.47 Å². The van der Waals surface area contributed by atoms with Gasteiger partial charge in [-0.2, -0.15) is 0 Å². The lowest BCUT2D eigenvalue weighted by molar-refractivity contribution is -0.129. The lowest BCUT2D eigenvalue weighted by Gasteiger charge is -2.21. The molecule has 1 atom stereocenters. The van der Waals surface area contributed by atoms with E-state index < -0.39 is 0 Å². The first kappa shape index (κ1) is 7.61. The molecule has 1 unspecified atom stereocenters. The van der Waals surface area contributed by atoms with Crippen molar-refractivity contribution in [3.8, 4) is 0 Å². The highest BCUT2D eigenvalue weighted by Crippen LogP contribution is 2.13. The molecule has 1 aliphatic heterocycles. The molecule has 1 aliphatic rings. The predicted molar refractivity (Wildman–Crippen MR) is 39.2 cm³/mol. The van der Waals surface area contributed by atoms with Crippen LogP contribution in [0.1, 0.15) is 19.3 Å². The van der Waals surface area contributed by atoms with Gasteiger partial charge in [0.25, 0.3) is 0 Å². The van der Waals surface area contributed by atoms with Crippen LogP contribution in [-0.2, 0) is 9.47 Å². The average Bonchev–Trinajstić information content (AvgIpc) is 2.03. The van der Waals surface area contributed by atoms with E-state index in [1.54, 1.807) is 12.3 Å². The normalized spacial score (nSPS) is 27.1. The first-order valence-electron chi connectivity index (χ1n) is 3.65. The molecule has 0 N–H and O–H groups in total. The first-order chi connectivity index (χ1) is 4.93. The molecule has 10 heavy (non-hydrogen) atoms. The van der Waals surface area contributed by atoms with Gasteiger partial charge in [-0.05, 0) is 25.8 Å². The highest BCUT2D eigenvalue weighted by Gasteiger charge is 2.12. The minimum Gasteiger partial charge on any atom is -0.473 e. The third-order valence-electron chi connectivity index (χ3n) is 1.46. The number of allylic oxidation sites excluding steroid dienone is 1. The van der Waals surface area contributed by atoms with Crippen molar-refractivity contribution in [3.63, 3.8) is 0 Å². The van der Waals surface area contributed by atoms with Crippen LogP contribution in [0, 0.1) is 6.92 Å². The van der Waals surface area contributed by atoms with E-state index in [4.69, 9.17) is 9.47 Å². The van der Waals surface area contributed by atoms with Crippen LogP contribution in [-0.4, -0.2) is 12.9 Å². The predicted octanol–water partition coefficient (Wildman–Crippen LogP) is 1.88. The molecule has 1 radical (unpaired) electrons. The Hall–Kier alpha value is -0.500. The molecule has 0 amide bonds. The molecule has 1 saturated heterocycles. The Bertz CT molecular complexity index is 104. The Morgan fingerprint density at radius 3 is 3.00 bits per heavy atom. The molecule has 0 spiro atoms. The Labute approximate surface area is 61.8 Å². The van der Waals surface area contributed by atoms with Crippen LogP contribution in [0.5, 0.6) is 0 Å². The quantitative estimate of drug-likeness (QED) is 0.546. The van der Waals surface area contributed by atoms with Crippen LogP contribution < -0.4 is 0 Å². The molecule has 0 saturated carbocycles. The SMILES string of the molecule is [CH2]/C=C/OC1CCCCO1. The third-order valence-corrected chi connectivity index (χ3v) is 1.46. The van der Waals surface area contributed by atoms with Gasteiger partial charge in [-0.3, -0.25) is 0 Å². The molecule has 1 rings (SSSR count). The molecular weight excluding hydrogens is 128 g/mol. The van der Waals surface area contributed by atoms with Crippen molar-refractivity contribution in [2.24, 2.45) is 0 Å². The largest absolute Gasteiger partial charge is 0.473 e. The van der Waals surface area contributed by atoms with Crippen LogP contribution >= 0.6 is 0 Å². The summed E-state index contributed by atoms with van der Waals surface area (Å²) in [5.41, 5.74) is 0. The maximum atomic E-state index is 5.28. The summed E-state index contributed by atoms with van der Waals surface area (Å²) in [7, 11) is 0. The van der Waals surface area contributed by atoms with Gasteiger partial charge in [0, 0.05) is 6.42 Å². The number of hydrogen-bond acceptors (Lipinski definition) is 2. The zero-order valence-corrected chi connectivity index (χ0v) is 6.08. The third kappa shape index (κ3) is 2.40. The summed E-state index contributed by atoms with van der Waals surface area (Å²) in [5.74, 6) is 0. The van der Waals surface area contributed by atoms with E-state index in [0.717, 1.165) is 19.4 Å². The van der Waals surface area contributed by atoms with Gasteiger partial charge in [0.2, 0.25) is 0 Å². The number of ether oxygens (including phenoxy) is 2. The van der Waals surface area contributed by atoms with Crippen LogP contribution in [0.25, 0.3) is 0 Å². The lowest BCUT2D eigenvalue weighted by atomic mass is 10.2. The summed E-state index contributed by atoms with van der Waals surface area (Å²) in [6.45, 7) is 4.34. The Morgan fingerprint density at radius 2 is 2.40 bits per heavy atom. The van der Waals surface area contributed by atoms with Gasteiger partial charge in [-0.15, -0.1) is 0 Å². The molecule has 0 bridgehead atoms. The van der Waals surface area contributed by atoms with Gasteiger partial charge in [0.15, 0.2) is 6.29 Å². The summed E-state index contributed by atoms with van der Waals surface area (Å²) >= 11 is 0. The maximum Gasteiger partial charge on any atom is 0.198 e. The fraction of sp³-hybridized carbons (Fsp3) is 0.625. The van der Waals surface area contributed by atoms with Crippen LogP contribution in [0.15, 0.2) is 12.3 Å². The van der Waals surface area contributed by atoms with Crippen LogP contribution in [0.2, 0.25) is 0 Å². The van der Waals surface area contributed by atoms with E-state index in [-0.39, 0.29) is 6.29 Å². The van der Waals surface area contributed by atoms with Crippen molar-refractivity contribution >= 4 is 0 Å². The molecule has 0 aromatic heterocycles. The van der Waals surface area contributed by atoms with Crippen LogP contribution in [0.3, 0.4) is 0 Å². The van der Waals surface area contributed by atoms with Crippen molar-refractivity contribution in [1.82, 2.24) is 0 Å². The maximum absolute atomic E-state index is 5.28. The molecule has 57 valence electrons.